The minimum absolute atomic E-state index is 0.118. The molecule has 0 aliphatic carbocycles. The molecule has 2 aromatic rings. The number of carbonyl (C=O) groups excluding carboxylic acids is 1. The molecule has 0 aromatic heterocycles. The van der Waals surface area contributed by atoms with Gasteiger partial charge < -0.3 is 15.1 Å². The second-order valence-corrected chi connectivity index (χ2v) is 7.73. The Bertz CT molecular complexity index is 929. The van der Waals surface area contributed by atoms with E-state index in [1.165, 1.54) is 6.07 Å². The first-order valence-corrected chi connectivity index (χ1v) is 10.0. The van der Waals surface area contributed by atoms with E-state index in [9.17, 15) is 18.0 Å². The number of halogens is 3. The lowest BCUT2D eigenvalue weighted by atomic mass is 9.82. The number of nitrogens with one attached hydrogen (secondary N) is 1. The standard InChI is InChI=1S/C23H24F3N3O/c1-2-10-27-22(30)19-14-16-13-17(23(24,25)26)8-9-20(16)29-12-11-28(15-21(19)29)18-6-4-3-5-7-18/h2-9,13,19,21H,1,10-12,14-15H2,(H,27,30). The van der Waals surface area contributed by atoms with Crippen LogP contribution < -0.4 is 15.1 Å². The summed E-state index contributed by atoms with van der Waals surface area (Å²) in [5, 5.41) is 2.84. The van der Waals surface area contributed by atoms with E-state index in [-0.39, 0.29) is 18.4 Å². The molecule has 2 aromatic carbocycles. The van der Waals surface area contributed by atoms with Crippen LogP contribution in [0.1, 0.15) is 11.1 Å². The Morgan fingerprint density at radius 3 is 2.63 bits per heavy atom. The van der Waals surface area contributed by atoms with E-state index in [1.807, 2.05) is 30.3 Å². The van der Waals surface area contributed by atoms with Crippen LogP contribution in [0.15, 0.2) is 61.2 Å². The second-order valence-electron chi connectivity index (χ2n) is 7.73. The number of rotatable bonds is 4. The molecule has 1 N–H and O–H groups in total. The van der Waals surface area contributed by atoms with Gasteiger partial charge in [0.15, 0.2) is 0 Å². The minimum atomic E-state index is -4.40. The molecule has 0 saturated carbocycles. The molecule has 0 bridgehead atoms. The quantitative estimate of drug-likeness (QED) is 0.770. The Morgan fingerprint density at radius 2 is 1.93 bits per heavy atom. The van der Waals surface area contributed by atoms with Crippen LogP contribution in [0.2, 0.25) is 0 Å². The Kier molecular flexibility index (Phi) is 5.45. The van der Waals surface area contributed by atoms with E-state index in [2.05, 4.69) is 21.7 Å². The third-order valence-electron chi connectivity index (χ3n) is 5.92. The zero-order valence-corrected chi connectivity index (χ0v) is 16.5. The molecule has 7 heteroatoms. The molecule has 158 valence electrons. The van der Waals surface area contributed by atoms with Crippen LogP contribution in [-0.2, 0) is 17.4 Å². The number of amides is 1. The number of fused-ring (bicyclic) bond motifs is 3. The van der Waals surface area contributed by atoms with Crippen molar-refractivity contribution in [2.45, 2.75) is 18.6 Å². The molecule has 4 nitrogen and oxygen atoms in total. The van der Waals surface area contributed by atoms with Crippen molar-refractivity contribution < 1.29 is 18.0 Å². The van der Waals surface area contributed by atoms with Crippen molar-refractivity contribution >= 4 is 17.3 Å². The topological polar surface area (TPSA) is 35.6 Å². The summed E-state index contributed by atoms with van der Waals surface area (Å²) < 4.78 is 39.7. The number of nitrogens with zero attached hydrogens (tertiary/aromatic N) is 2. The van der Waals surface area contributed by atoms with Crippen LogP contribution >= 0.6 is 0 Å². The van der Waals surface area contributed by atoms with Crippen molar-refractivity contribution in [3.8, 4) is 0 Å². The van der Waals surface area contributed by atoms with Gasteiger partial charge in [-0.05, 0) is 42.3 Å². The van der Waals surface area contributed by atoms with Crippen LogP contribution in [0.4, 0.5) is 24.5 Å². The molecule has 4 rings (SSSR count). The monoisotopic (exact) mass is 415 g/mol. The average Bonchev–Trinajstić information content (AvgIpc) is 2.76. The fourth-order valence-electron chi connectivity index (χ4n) is 4.48. The number of carbonyl (C=O) groups is 1. The molecule has 2 aliphatic heterocycles. The normalized spacial score (nSPS) is 20.9. The largest absolute Gasteiger partial charge is 0.416 e. The molecule has 2 atom stereocenters. The number of hydrogen-bond donors (Lipinski definition) is 1. The summed E-state index contributed by atoms with van der Waals surface area (Å²) in [4.78, 5) is 17.3. The third kappa shape index (κ3) is 3.88. The summed E-state index contributed by atoms with van der Waals surface area (Å²) in [5.74, 6) is -0.588. The fraction of sp³-hybridized carbons (Fsp3) is 0.348. The van der Waals surface area contributed by atoms with Crippen LogP contribution in [0, 0.1) is 5.92 Å². The van der Waals surface area contributed by atoms with Crippen LogP contribution in [0.25, 0.3) is 0 Å². The molecular weight excluding hydrogens is 391 g/mol. The van der Waals surface area contributed by atoms with Crippen molar-refractivity contribution in [2.75, 3.05) is 36.0 Å². The van der Waals surface area contributed by atoms with Crippen molar-refractivity contribution in [1.29, 1.82) is 0 Å². The van der Waals surface area contributed by atoms with E-state index in [1.54, 1.807) is 12.1 Å². The van der Waals surface area contributed by atoms with Gasteiger partial charge in [0.25, 0.3) is 0 Å². The maximum atomic E-state index is 13.2. The van der Waals surface area contributed by atoms with E-state index in [0.717, 1.165) is 24.0 Å². The Balaban J connectivity index is 1.68. The van der Waals surface area contributed by atoms with Crippen molar-refractivity contribution in [3.05, 3.63) is 72.3 Å². The molecule has 2 unspecified atom stereocenters. The van der Waals surface area contributed by atoms with Gasteiger partial charge in [-0.25, -0.2) is 0 Å². The summed E-state index contributed by atoms with van der Waals surface area (Å²) in [7, 11) is 0. The first kappa shape index (κ1) is 20.3. The Labute approximate surface area is 174 Å². The summed E-state index contributed by atoms with van der Waals surface area (Å²) in [6, 6.07) is 13.8. The highest BCUT2D eigenvalue weighted by Crippen LogP contribution is 2.40. The van der Waals surface area contributed by atoms with Crippen LogP contribution in [-0.4, -0.2) is 38.1 Å². The van der Waals surface area contributed by atoms with E-state index >= 15 is 0 Å². The third-order valence-corrected chi connectivity index (χ3v) is 5.92. The number of hydrogen-bond acceptors (Lipinski definition) is 3. The smallest absolute Gasteiger partial charge is 0.368 e. The maximum absolute atomic E-state index is 13.2. The second kappa shape index (κ2) is 8.05. The van der Waals surface area contributed by atoms with Gasteiger partial charge >= 0.3 is 6.18 Å². The molecule has 2 heterocycles. The van der Waals surface area contributed by atoms with E-state index < -0.39 is 17.7 Å². The van der Waals surface area contributed by atoms with Gasteiger partial charge in [0.2, 0.25) is 5.91 Å². The molecule has 0 spiro atoms. The van der Waals surface area contributed by atoms with Gasteiger partial charge in [-0.15, -0.1) is 6.58 Å². The average molecular weight is 415 g/mol. The van der Waals surface area contributed by atoms with Crippen molar-refractivity contribution in [3.63, 3.8) is 0 Å². The van der Waals surface area contributed by atoms with Gasteiger partial charge in [-0.3, -0.25) is 4.79 Å². The highest BCUT2D eigenvalue weighted by Gasteiger charge is 2.42. The molecule has 2 aliphatic rings. The summed E-state index contributed by atoms with van der Waals surface area (Å²) in [6.45, 7) is 5.98. The van der Waals surface area contributed by atoms with Gasteiger partial charge in [0, 0.05) is 37.6 Å². The molecule has 1 amide bonds. The molecule has 30 heavy (non-hydrogen) atoms. The fourth-order valence-corrected chi connectivity index (χ4v) is 4.48. The molecule has 0 radical (unpaired) electrons. The Hall–Kier alpha value is -2.96. The SMILES string of the molecule is C=CCNC(=O)C1Cc2cc(C(F)(F)F)ccc2N2CCN(c3ccccc3)CC12. The van der Waals surface area contributed by atoms with E-state index in [4.69, 9.17) is 0 Å². The summed E-state index contributed by atoms with van der Waals surface area (Å²) in [6.07, 6.45) is -2.52. The number of anilines is 2. The number of benzene rings is 2. The number of alkyl halides is 3. The highest BCUT2D eigenvalue weighted by atomic mass is 19.4. The van der Waals surface area contributed by atoms with E-state index in [0.29, 0.717) is 25.2 Å². The first-order valence-electron chi connectivity index (χ1n) is 10.0. The van der Waals surface area contributed by atoms with Crippen LogP contribution in [0.3, 0.4) is 0 Å². The van der Waals surface area contributed by atoms with Crippen LogP contribution in [0.5, 0.6) is 0 Å². The number of para-hydroxylation sites is 1. The zero-order valence-electron chi connectivity index (χ0n) is 16.5. The first-order chi connectivity index (χ1) is 14.4. The number of piperazine rings is 1. The van der Waals surface area contributed by atoms with Gasteiger partial charge in [-0.2, -0.15) is 13.2 Å². The maximum Gasteiger partial charge on any atom is 0.416 e. The summed E-state index contributed by atoms with van der Waals surface area (Å²) in [5.41, 5.74) is 1.79. The predicted octanol–water partition coefficient (Wildman–Crippen LogP) is 3.88. The predicted molar refractivity (Wildman–Crippen MR) is 112 cm³/mol. The molecule has 1 fully saturated rings. The molecular formula is C23H24F3N3O. The molecule has 1 saturated heterocycles. The lowest BCUT2D eigenvalue weighted by molar-refractivity contribution is -0.137. The van der Waals surface area contributed by atoms with Gasteiger partial charge in [0.1, 0.15) is 0 Å². The van der Waals surface area contributed by atoms with Gasteiger partial charge in [0.05, 0.1) is 17.5 Å². The minimum Gasteiger partial charge on any atom is -0.368 e. The lowest BCUT2D eigenvalue weighted by Crippen LogP contribution is -2.61. The summed E-state index contributed by atoms with van der Waals surface area (Å²) >= 11 is 0. The lowest BCUT2D eigenvalue weighted by Gasteiger charge is -2.49. The zero-order chi connectivity index (χ0) is 21.3. The van der Waals surface area contributed by atoms with Crippen molar-refractivity contribution in [1.82, 2.24) is 5.32 Å². The highest BCUT2D eigenvalue weighted by molar-refractivity contribution is 5.82. The van der Waals surface area contributed by atoms with Gasteiger partial charge in [-0.1, -0.05) is 24.3 Å². The Morgan fingerprint density at radius 1 is 1.17 bits per heavy atom. The van der Waals surface area contributed by atoms with Crippen molar-refractivity contribution in [2.24, 2.45) is 5.92 Å².